The van der Waals surface area contributed by atoms with Gasteiger partial charge in [-0.3, -0.25) is 4.79 Å². The molecule has 4 heteroatoms. The average molecular weight is 261 g/mol. The Morgan fingerprint density at radius 3 is 2.65 bits per heavy atom. The molecule has 2 N–H and O–H groups in total. The topological polar surface area (TPSA) is 41.1 Å². The molecule has 1 atom stereocenters. The molecule has 1 heterocycles. The number of carbonyl (C=O) groups is 1. The molecule has 1 amide bonds. The van der Waals surface area contributed by atoms with Gasteiger partial charge in [0.05, 0.1) is 5.92 Å². The minimum Gasteiger partial charge on any atom is -0.355 e. The molecule has 0 bridgehead atoms. The van der Waals surface area contributed by atoms with Gasteiger partial charge in [-0.25, -0.2) is 0 Å². The average Bonchev–Trinajstić information content (AvgIpc) is 2.98. The van der Waals surface area contributed by atoms with Crippen molar-refractivity contribution in [2.75, 3.05) is 19.6 Å². The first-order chi connectivity index (χ1) is 7.76. The van der Waals surface area contributed by atoms with E-state index in [0.717, 1.165) is 26.1 Å². The Morgan fingerprint density at radius 2 is 2.12 bits per heavy atom. The Labute approximate surface area is 111 Å². The van der Waals surface area contributed by atoms with Gasteiger partial charge in [-0.15, -0.1) is 12.4 Å². The number of amides is 1. The SMILES string of the molecule is CCC1(CNC(=O)C2CCNC2)CCCC1.Cl. The fraction of sp³-hybridized carbons (Fsp3) is 0.923. The number of carbonyl (C=O) groups excluding carboxylic acids is 1. The van der Waals surface area contributed by atoms with Gasteiger partial charge < -0.3 is 10.6 Å². The minimum absolute atomic E-state index is 0. The second-order valence-corrected chi connectivity index (χ2v) is 5.47. The van der Waals surface area contributed by atoms with Crippen LogP contribution in [0.25, 0.3) is 0 Å². The van der Waals surface area contributed by atoms with Crippen LogP contribution in [0.2, 0.25) is 0 Å². The highest BCUT2D eigenvalue weighted by atomic mass is 35.5. The summed E-state index contributed by atoms with van der Waals surface area (Å²) in [7, 11) is 0. The molecule has 1 saturated heterocycles. The van der Waals surface area contributed by atoms with E-state index in [-0.39, 0.29) is 24.2 Å². The summed E-state index contributed by atoms with van der Waals surface area (Å²) in [5.74, 6) is 0.486. The standard InChI is InChI=1S/C13H24N2O.ClH/c1-2-13(6-3-4-7-13)10-15-12(16)11-5-8-14-9-11;/h11,14H,2-10H2,1H3,(H,15,16);1H. The van der Waals surface area contributed by atoms with Gasteiger partial charge in [0, 0.05) is 13.1 Å². The number of hydrogen-bond acceptors (Lipinski definition) is 2. The number of halogens is 1. The fourth-order valence-electron chi connectivity index (χ4n) is 3.08. The van der Waals surface area contributed by atoms with E-state index >= 15 is 0 Å². The maximum Gasteiger partial charge on any atom is 0.224 e. The predicted octanol–water partition coefficient (Wildman–Crippen LogP) is 2.10. The normalized spacial score (nSPS) is 26.5. The van der Waals surface area contributed by atoms with Crippen LogP contribution in [0, 0.1) is 11.3 Å². The molecule has 0 radical (unpaired) electrons. The molecule has 2 fully saturated rings. The zero-order chi connectivity index (χ0) is 11.4. The van der Waals surface area contributed by atoms with Crippen LogP contribution in [0.1, 0.15) is 45.4 Å². The minimum atomic E-state index is 0. The van der Waals surface area contributed by atoms with Crippen molar-refractivity contribution >= 4 is 18.3 Å². The van der Waals surface area contributed by atoms with Crippen LogP contribution in [0.4, 0.5) is 0 Å². The third kappa shape index (κ3) is 3.59. The third-order valence-corrected chi connectivity index (χ3v) is 4.48. The second-order valence-electron chi connectivity index (χ2n) is 5.47. The van der Waals surface area contributed by atoms with Crippen LogP contribution in [0.3, 0.4) is 0 Å². The maximum absolute atomic E-state index is 11.9. The van der Waals surface area contributed by atoms with Crippen molar-refractivity contribution in [3.8, 4) is 0 Å². The summed E-state index contributed by atoms with van der Waals surface area (Å²) in [6.07, 6.45) is 7.49. The zero-order valence-electron chi connectivity index (χ0n) is 10.8. The molecule has 1 saturated carbocycles. The van der Waals surface area contributed by atoms with E-state index in [0.29, 0.717) is 5.41 Å². The molecule has 0 spiro atoms. The number of hydrogen-bond donors (Lipinski definition) is 2. The Kier molecular flexibility index (Phi) is 5.74. The van der Waals surface area contributed by atoms with Crippen molar-refractivity contribution in [1.82, 2.24) is 10.6 Å². The molecular weight excluding hydrogens is 236 g/mol. The maximum atomic E-state index is 11.9. The fourth-order valence-corrected chi connectivity index (χ4v) is 3.08. The van der Waals surface area contributed by atoms with E-state index in [2.05, 4.69) is 17.6 Å². The van der Waals surface area contributed by atoms with Gasteiger partial charge >= 0.3 is 0 Å². The lowest BCUT2D eigenvalue weighted by Gasteiger charge is -2.28. The number of rotatable bonds is 4. The first kappa shape index (κ1) is 14.8. The van der Waals surface area contributed by atoms with Crippen molar-refractivity contribution in [3.05, 3.63) is 0 Å². The summed E-state index contributed by atoms with van der Waals surface area (Å²) in [5.41, 5.74) is 0.418. The van der Waals surface area contributed by atoms with Gasteiger partial charge in [0.15, 0.2) is 0 Å². The molecule has 3 nitrogen and oxygen atoms in total. The van der Waals surface area contributed by atoms with E-state index in [1.54, 1.807) is 0 Å². The van der Waals surface area contributed by atoms with Gasteiger partial charge in [0.1, 0.15) is 0 Å². The Balaban J connectivity index is 0.00000144. The first-order valence-electron chi connectivity index (χ1n) is 6.74. The summed E-state index contributed by atoms with van der Waals surface area (Å²) >= 11 is 0. The Bertz CT molecular complexity index is 246. The molecule has 17 heavy (non-hydrogen) atoms. The molecule has 1 unspecified atom stereocenters. The van der Waals surface area contributed by atoms with Crippen LogP contribution in [0.5, 0.6) is 0 Å². The van der Waals surface area contributed by atoms with Crippen molar-refractivity contribution in [2.45, 2.75) is 45.4 Å². The van der Waals surface area contributed by atoms with E-state index < -0.39 is 0 Å². The summed E-state index contributed by atoms with van der Waals surface area (Å²) in [5, 5.41) is 6.42. The molecule has 0 aromatic rings. The molecule has 0 aromatic carbocycles. The molecule has 1 aliphatic heterocycles. The molecule has 0 aromatic heterocycles. The van der Waals surface area contributed by atoms with Crippen molar-refractivity contribution in [3.63, 3.8) is 0 Å². The van der Waals surface area contributed by atoms with Gasteiger partial charge in [0.25, 0.3) is 0 Å². The van der Waals surface area contributed by atoms with Gasteiger partial charge in [-0.05, 0) is 37.6 Å². The zero-order valence-corrected chi connectivity index (χ0v) is 11.6. The highest BCUT2D eigenvalue weighted by molar-refractivity contribution is 5.85. The summed E-state index contributed by atoms with van der Waals surface area (Å²) in [6.45, 7) is 5.02. The van der Waals surface area contributed by atoms with E-state index in [1.807, 2.05) is 0 Å². The summed E-state index contributed by atoms with van der Waals surface area (Å²) in [6, 6.07) is 0. The monoisotopic (exact) mass is 260 g/mol. The molecule has 1 aliphatic carbocycles. The molecule has 2 rings (SSSR count). The van der Waals surface area contributed by atoms with E-state index in [9.17, 15) is 4.79 Å². The lowest BCUT2D eigenvalue weighted by molar-refractivity contribution is -0.124. The van der Waals surface area contributed by atoms with Crippen LogP contribution in [0.15, 0.2) is 0 Å². The largest absolute Gasteiger partial charge is 0.355 e. The highest BCUT2D eigenvalue weighted by Gasteiger charge is 2.33. The highest BCUT2D eigenvalue weighted by Crippen LogP contribution is 2.40. The third-order valence-electron chi connectivity index (χ3n) is 4.48. The molecule has 100 valence electrons. The van der Waals surface area contributed by atoms with Crippen molar-refractivity contribution in [1.29, 1.82) is 0 Å². The second kappa shape index (κ2) is 6.60. The van der Waals surface area contributed by atoms with Gasteiger partial charge in [-0.1, -0.05) is 19.8 Å². The lowest BCUT2D eigenvalue weighted by Crippen LogP contribution is -2.39. The number of nitrogens with one attached hydrogen (secondary N) is 2. The van der Waals surface area contributed by atoms with E-state index in [1.165, 1.54) is 32.1 Å². The van der Waals surface area contributed by atoms with E-state index in [4.69, 9.17) is 0 Å². The quantitative estimate of drug-likeness (QED) is 0.813. The van der Waals surface area contributed by atoms with Crippen LogP contribution >= 0.6 is 12.4 Å². The van der Waals surface area contributed by atoms with Crippen LogP contribution < -0.4 is 10.6 Å². The smallest absolute Gasteiger partial charge is 0.224 e. The molecular formula is C13H25ClN2O. The molecule has 2 aliphatic rings. The predicted molar refractivity (Wildman–Crippen MR) is 72.4 cm³/mol. The summed E-state index contributed by atoms with van der Waals surface area (Å²) in [4.78, 5) is 11.9. The first-order valence-corrected chi connectivity index (χ1v) is 6.74. The summed E-state index contributed by atoms with van der Waals surface area (Å²) < 4.78 is 0. The van der Waals surface area contributed by atoms with Crippen LogP contribution in [-0.2, 0) is 4.79 Å². The van der Waals surface area contributed by atoms with Crippen molar-refractivity contribution < 1.29 is 4.79 Å². The van der Waals surface area contributed by atoms with Gasteiger partial charge in [-0.2, -0.15) is 0 Å². The Morgan fingerprint density at radius 1 is 1.41 bits per heavy atom. The van der Waals surface area contributed by atoms with Crippen LogP contribution in [-0.4, -0.2) is 25.5 Å². The van der Waals surface area contributed by atoms with Crippen molar-refractivity contribution in [2.24, 2.45) is 11.3 Å². The van der Waals surface area contributed by atoms with Gasteiger partial charge in [0.2, 0.25) is 5.91 Å². The Hall–Kier alpha value is -0.280. The lowest BCUT2D eigenvalue weighted by atomic mass is 9.83.